The fourth-order valence-electron chi connectivity index (χ4n) is 5.32. The van der Waals surface area contributed by atoms with Crippen LogP contribution < -0.4 is 4.74 Å². The van der Waals surface area contributed by atoms with Crippen LogP contribution in [0, 0.1) is 6.92 Å². The Balaban J connectivity index is 1.12. The normalized spacial score (nSPS) is 13.9. The molecule has 6 nitrogen and oxygen atoms in total. The highest BCUT2D eigenvalue weighted by atomic mass is 32.1. The number of benzene rings is 4. The number of hydrogen-bond acceptors (Lipinski definition) is 6. The molecule has 41 heavy (non-hydrogen) atoms. The Hall–Kier alpha value is -4.33. The second-order valence-electron chi connectivity index (χ2n) is 10.3. The lowest BCUT2D eigenvalue weighted by Gasteiger charge is -2.39. The van der Waals surface area contributed by atoms with E-state index in [2.05, 4.69) is 87.1 Å². The number of hydrogen-bond donors (Lipinski definition) is 0. The first-order valence-electron chi connectivity index (χ1n) is 13.9. The van der Waals surface area contributed by atoms with Crippen molar-refractivity contribution in [2.75, 3.05) is 26.2 Å². The fraction of sp³-hybridized carbons (Fsp3) is 0.206. The number of nitrogens with zero attached hydrogens (tertiary/aromatic N) is 4. The van der Waals surface area contributed by atoms with Crippen LogP contribution in [0.25, 0.3) is 0 Å². The van der Waals surface area contributed by atoms with Crippen LogP contribution in [-0.4, -0.2) is 51.2 Å². The minimum atomic E-state index is 0.0208. The average molecular weight is 561 g/mol. The Labute approximate surface area is 245 Å². The third-order valence-electron chi connectivity index (χ3n) is 7.48. The van der Waals surface area contributed by atoms with Crippen LogP contribution in [0.3, 0.4) is 0 Å². The molecule has 1 amide bonds. The fourth-order valence-corrected chi connectivity index (χ4v) is 5.88. The summed E-state index contributed by atoms with van der Waals surface area (Å²) < 4.78 is 10.6. The van der Waals surface area contributed by atoms with Crippen LogP contribution >= 0.6 is 11.5 Å². The van der Waals surface area contributed by atoms with E-state index in [0.29, 0.717) is 36.0 Å². The van der Waals surface area contributed by atoms with Gasteiger partial charge in [0.2, 0.25) is 0 Å². The zero-order valence-electron chi connectivity index (χ0n) is 23.0. The van der Waals surface area contributed by atoms with Crippen molar-refractivity contribution >= 4 is 17.4 Å². The summed E-state index contributed by atoms with van der Waals surface area (Å²) in [5, 5.41) is 0.477. The van der Waals surface area contributed by atoms with Gasteiger partial charge in [-0.25, -0.2) is 0 Å². The molecule has 1 aliphatic heterocycles. The molecule has 2 heterocycles. The van der Waals surface area contributed by atoms with Crippen molar-refractivity contribution in [3.8, 4) is 10.9 Å². The highest BCUT2D eigenvalue weighted by Gasteiger charge is 2.29. The molecule has 5 aromatic rings. The first kappa shape index (κ1) is 26.9. The summed E-state index contributed by atoms with van der Waals surface area (Å²) in [5.41, 5.74) is 5.25. The number of aryl methyl sites for hydroxylation is 1. The first-order chi connectivity index (χ1) is 20.1. The van der Waals surface area contributed by atoms with Gasteiger partial charge in [0.15, 0.2) is 5.82 Å². The van der Waals surface area contributed by atoms with Gasteiger partial charge in [-0.05, 0) is 41.3 Å². The van der Waals surface area contributed by atoms with Crippen molar-refractivity contribution in [1.82, 2.24) is 19.2 Å². The summed E-state index contributed by atoms with van der Waals surface area (Å²) in [6.07, 6.45) is 0.652. The lowest BCUT2D eigenvalue weighted by atomic mass is 9.96. The van der Waals surface area contributed by atoms with Gasteiger partial charge in [-0.2, -0.15) is 9.36 Å². The summed E-state index contributed by atoms with van der Waals surface area (Å²) in [4.78, 5) is 22.5. The van der Waals surface area contributed by atoms with Crippen LogP contribution in [0.4, 0.5) is 0 Å². The monoisotopic (exact) mass is 560 g/mol. The van der Waals surface area contributed by atoms with Crippen molar-refractivity contribution in [2.24, 2.45) is 0 Å². The molecule has 0 N–H and O–H groups in total. The van der Waals surface area contributed by atoms with Crippen molar-refractivity contribution in [3.63, 3.8) is 0 Å². The maximum atomic E-state index is 13.6. The molecule has 7 heteroatoms. The van der Waals surface area contributed by atoms with E-state index in [1.165, 1.54) is 22.7 Å². The lowest BCUT2D eigenvalue weighted by Crippen LogP contribution is -2.49. The highest BCUT2D eigenvalue weighted by Crippen LogP contribution is 2.31. The predicted molar refractivity (Wildman–Crippen MR) is 163 cm³/mol. The molecule has 6 rings (SSSR count). The first-order valence-corrected chi connectivity index (χ1v) is 14.7. The van der Waals surface area contributed by atoms with E-state index in [0.717, 1.165) is 30.0 Å². The minimum absolute atomic E-state index is 0.0208. The standard InChI is InChI=1S/C34H32N4O2S/c1-25-17-18-29(24-30(25)40-34-35-31(36-41-34)23-26-11-5-2-6-12-26)33(39)38-21-19-37(20-22-38)32(27-13-7-3-8-14-27)28-15-9-4-10-16-28/h2-18,24,32H,19-23H2,1H3. The number of piperazine rings is 1. The Morgan fingerprint density at radius 3 is 2.07 bits per heavy atom. The molecule has 0 radical (unpaired) electrons. The van der Waals surface area contributed by atoms with E-state index < -0.39 is 0 Å². The Bertz CT molecular complexity index is 1540. The summed E-state index contributed by atoms with van der Waals surface area (Å²) in [5.74, 6) is 1.38. The van der Waals surface area contributed by atoms with Crippen LogP contribution in [-0.2, 0) is 6.42 Å². The van der Waals surface area contributed by atoms with Gasteiger partial charge >= 0.3 is 0 Å². The van der Waals surface area contributed by atoms with Gasteiger partial charge in [0, 0.05) is 49.7 Å². The quantitative estimate of drug-likeness (QED) is 0.209. The predicted octanol–water partition coefficient (Wildman–Crippen LogP) is 6.78. The zero-order valence-corrected chi connectivity index (χ0v) is 23.8. The second-order valence-corrected chi connectivity index (χ2v) is 11.0. The van der Waals surface area contributed by atoms with Crippen LogP contribution in [0.5, 0.6) is 10.9 Å². The molecule has 1 aromatic heterocycles. The number of aromatic nitrogens is 2. The molecule has 1 aliphatic rings. The van der Waals surface area contributed by atoms with E-state index in [1.807, 2.05) is 48.2 Å². The smallest absolute Gasteiger partial charge is 0.298 e. The lowest BCUT2D eigenvalue weighted by molar-refractivity contribution is 0.0597. The Morgan fingerprint density at radius 1 is 0.829 bits per heavy atom. The molecule has 4 aromatic carbocycles. The summed E-state index contributed by atoms with van der Waals surface area (Å²) >= 11 is 1.23. The Morgan fingerprint density at radius 2 is 1.44 bits per heavy atom. The zero-order chi connectivity index (χ0) is 28.0. The number of carbonyl (C=O) groups excluding carboxylic acids is 1. The number of ether oxygens (including phenoxy) is 1. The minimum Gasteiger partial charge on any atom is -0.430 e. The third kappa shape index (κ3) is 6.37. The third-order valence-corrected chi connectivity index (χ3v) is 8.12. The van der Waals surface area contributed by atoms with Gasteiger partial charge in [0.25, 0.3) is 11.1 Å². The van der Waals surface area contributed by atoms with Gasteiger partial charge < -0.3 is 9.64 Å². The van der Waals surface area contributed by atoms with Crippen LogP contribution in [0.2, 0.25) is 0 Å². The van der Waals surface area contributed by atoms with Crippen molar-refractivity contribution in [1.29, 1.82) is 0 Å². The second kappa shape index (κ2) is 12.5. The van der Waals surface area contributed by atoms with E-state index in [9.17, 15) is 4.79 Å². The van der Waals surface area contributed by atoms with Crippen molar-refractivity contribution in [3.05, 3.63) is 143 Å². The highest BCUT2D eigenvalue weighted by molar-refractivity contribution is 7.07. The van der Waals surface area contributed by atoms with E-state index in [-0.39, 0.29) is 11.9 Å². The van der Waals surface area contributed by atoms with Gasteiger partial charge in [-0.1, -0.05) is 97.1 Å². The molecule has 0 spiro atoms. The largest absolute Gasteiger partial charge is 0.430 e. The van der Waals surface area contributed by atoms with Gasteiger partial charge in [-0.3, -0.25) is 9.69 Å². The molecular formula is C34H32N4O2S. The maximum absolute atomic E-state index is 13.6. The van der Waals surface area contributed by atoms with Crippen LogP contribution in [0.1, 0.15) is 44.5 Å². The number of carbonyl (C=O) groups is 1. The summed E-state index contributed by atoms with van der Waals surface area (Å²) in [6.45, 7) is 4.90. The molecule has 0 saturated carbocycles. The molecular weight excluding hydrogens is 528 g/mol. The van der Waals surface area contributed by atoms with Gasteiger partial charge in [0.1, 0.15) is 5.75 Å². The SMILES string of the molecule is Cc1ccc(C(=O)N2CCN(C(c3ccccc3)c3ccccc3)CC2)cc1Oc1nc(Cc2ccccc2)ns1. The van der Waals surface area contributed by atoms with E-state index in [4.69, 9.17) is 4.74 Å². The molecule has 0 atom stereocenters. The molecule has 206 valence electrons. The average Bonchev–Trinajstić information content (AvgIpc) is 3.46. The van der Waals surface area contributed by atoms with Crippen molar-refractivity contribution in [2.45, 2.75) is 19.4 Å². The Kier molecular flexibility index (Phi) is 8.16. The van der Waals surface area contributed by atoms with E-state index >= 15 is 0 Å². The van der Waals surface area contributed by atoms with E-state index in [1.54, 1.807) is 0 Å². The summed E-state index contributed by atoms with van der Waals surface area (Å²) in [7, 11) is 0. The molecule has 0 bridgehead atoms. The van der Waals surface area contributed by atoms with Gasteiger partial charge in [-0.15, -0.1) is 0 Å². The molecule has 0 aliphatic carbocycles. The molecule has 1 saturated heterocycles. The molecule has 0 unspecified atom stereocenters. The molecule has 1 fully saturated rings. The maximum Gasteiger partial charge on any atom is 0.298 e. The van der Waals surface area contributed by atoms with Gasteiger partial charge in [0.05, 0.1) is 6.04 Å². The topological polar surface area (TPSA) is 58.6 Å². The number of amides is 1. The summed E-state index contributed by atoms with van der Waals surface area (Å²) in [6, 6.07) is 37.2. The van der Waals surface area contributed by atoms with Crippen molar-refractivity contribution < 1.29 is 9.53 Å². The number of rotatable bonds is 8. The van der Waals surface area contributed by atoms with Crippen LogP contribution in [0.15, 0.2) is 109 Å².